The topological polar surface area (TPSA) is 3.24 Å². The number of rotatable bonds is 2. The van der Waals surface area contributed by atoms with Gasteiger partial charge in [0.1, 0.15) is 0 Å². The number of hydrogen-bond donors (Lipinski definition) is 0. The van der Waals surface area contributed by atoms with Crippen LogP contribution in [0.5, 0.6) is 0 Å². The molecule has 21 heavy (non-hydrogen) atoms. The zero-order chi connectivity index (χ0) is 14.8. The molecule has 0 aromatic heterocycles. The number of allylic oxidation sites excluding steroid dienone is 1. The van der Waals surface area contributed by atoms with Crippen LogP contribution >= 0.6 is 0 Å². The maximum Gasteiger partial charge on any atom is 0.0542 e. The molecular formula is C20H23N. The summed E-state index contributed by atoms with van der Waals surface area (Å²) >= 11 is 0. The molecule has 0 bridgehead atoms. The van der Waals surface area contributed by atoms with E-state index in [0.717, 1.165) is 0 Å². The normalized spacial score (nSPS) is 22.0. The van der Waals surface area contributed by atoms with Gasteiger partial charge in [-0.25, -0.2) is 0 Å². The predicted octanol–water partition coefficient (Wildman–Crippen LogP) is 5.05. The SMILES string of the molecule is Cc1ccccc1C1CC(C)C(c2ccccc2)=CN1C. The number of hydrogen-bond acceptors (Lipinski definition) is 1. The van der Waals surface area contributed by atoms with E-state index in [2.05, 4.69) is 86.6 Å². The highest BCUT2D eigenvalue weighted by Crippen LogP contribution is 2.39. The highest BCUT2D eigenvalue weighted by Gasteiger charge is 2.27. The van der Waals surface area contributed by atoms with E-state index in [-0.39, 0.29) is 0 Å². The van der Waals surface area contributed by atoms with Crippen molar-refractivity contribution in [1.29, 1.82) is 0 Å². The van der Waals surface area contributed by atoms with Gasteiger partial charge in [0.15, 0.2) is 0 Å². The Morgan fingerprint density at radius 3 is 2.33 bits per heavy atom. The number of nitrogens with zero attached hydrogens (tertiary/aromatic N) is 1. The van der Waals surface area contributed by atoms with Crippen molar-refractivity contribution in [2.24, 2.45) is 5.92 Å². The van der Waals surface area contributed by atoms with Gasteiger partial charge in [-0.15, -0.1) is 0 Å². The molecular weight excluding hydrogens is 254 g/mol. The first-order valence-electron chi connectivity index (χ1n) is 7.71. The lowest BCUT2D eigenvalue weighted by molar-refractivity contribution is 0.280. The Hall–Kier alpha value is -2.02. The van der Waals surface area contributed by atoms with Gasteiger partial charge < -0.3 is 4.90 Å². The third-order valence-electron chi connectivity index (χ3n) is 4.60. The second kappa shape index (κ2) is 5.77. The van der Waals surface area contributed by atoms with Crippen LogP contribution in [0.2, 0.25) is 0 Å². The van der Waals surface area contributed by atoms with Crippen LogP contribution in [0.4, 0.5) is 0 Å². The maximum atomic E-state index is 2.38. The van der Waals surface area contributed by atoms with Gasteiger partial charge in [0, 0.05) is 13.2 Å². The second-order valence-corrected chi connectivity index (χ2v) is 6.13. The van der Waals surface area contributed by atoms with Gasteiger partial charge in [-0.1, -0.05) is 61.5 Å². The Labute approximate surface area is 127 Å². The molecule has 2 aromatic rings. The summed E-state index contributed by atoms with van der Waals surface area (Å²) in [5.74, 6) is 0.577. The Morgan fingerprint density at radius 1 is 0.952 bits per heavy atom. The fourth-order valence-electron chi connectivity index (χ4n) is 3.36. The van der Waals surface area contributed by atoms with Crippen LogP contribution in [0.15, 0.2) is 60.8 Å². The van der Waals surface area contributed by atoms with Crippen LogP contribution in [0.3, 0.4) is 0 Å². The Morgan fingerprint density at radius 2 is 1.62 bits per heavy atom. The van der Waals surface area contributed by atoms with Gasteiger partial charge >= 0.3 is 0 Å². The standard InChI is InChI=1S/C20H23N/c1-15-9-7-8-12-18(15)20-13-16(2)19(14-21(20)3)17-10-5-4-6-11-17/h4-12,14,16,20H,13H2,1-3H3. The van der Waals surface area contributed by atoms with E-state index >= 15 is 0 Å². The van der Waals surface area contributed by atoms with E-state index in [1.54, 1.807) is 0 Å². The highest BCUT2D eigenvalue weighted by molar-refractivity contribution is 5.67. The van der Waals surface area contributed by atoms with Gasteiger partial charge in [-0.05, 0) is 41.5 Å². The Kier molecular flexibility index (Phi) is 3.83. The monoisotopic (exact) mass is 277 g/mol. The molecule has 0 radical (unpaired) electrons. The maximum absolute atomic E-state index is 2.38. The summed E-state index contributed by atoms with van der Waals surface area (Å²) in [6, 6.07) is 20.0. The van der Waals surface area contributed by atoms with E-state index < -0.39 is 0 Å². The van der Waals surface area contributed by atoms with Crippen molar-refractivity contribution in [3.05, 3.63) is 77.5 Å². The van der Waals surface area contributed by atoms with Crippen LogP contribution in [0.1, 0.15) is 36.1 Å². The van der Waals surface area contributed by atoms with Gasteiger partial charge in [0.25, 0.3) is 0 Å². The van der Waals surface area contributed by atoms with E-state index in [1.165, 1.54) is 28.7 Å². The Bertz CT molecular complexity index is 642. The van der Waals surface area contributed by atoms with E-state index in [9.17, 15) is 0 Å². The minimum Gasteiger partial charge on any atom is -0.373 e. The zero-order valence-electron chi connectivity index (χ0n) is 13.1. The first-order valence-corrected chi connectivity index (χ1v) is 7.71. The second-order valence-electron chi connectivity index (χ2n) is 6.13. The largest absolute Gasteiger partial charge is 0.373 e. The molecule has 1 heteroatoms. The zero-order valence-corrected chi connectivity index (χ0v) is 13.1. The predicted molar refractivity (Wildman–Crippen MR) is 89.9 cm³/mol. The number of benzene rings is 2. The molecule has 0 N–H and O–H groups in total. The molecule has 3 rings (SSSR count). The number of aryl methyl sites for hydroxylation is 1. The van der Waals surface area contributed by atoms with Crippen molar-refractivity contribution >= 4 is 5.57 Å². The van der Waals surface area contributed by atoms with Crippen molar-refractivity contribution in [1.82, 2.24) is 4.90 Å². The lowest BCUT2D eigenvalue weighted by Gasteiger charge is -2.37. The summed E-state index contributed by atoms with van der Waals surface area (Å²) in [7, 11) is 2.20. The molecule has 0 saturated heterocycles. The van der Waals surface area contributed by atoms with Crippen molar-refractivity contribution < 1.29 is 0 Å². The van der Waals surface area contributed by atoms with Crippen LogP contribution in [0, 0.1) is 12.8 Å². The van der Waals surface area contributed by atoms with Crippen molar-refractivity contribution in [3.8, 4) is 0 Å². The fourth-order valence-corrected chi connectivity index (χ4v) is 3.36. The van der Waals surface area contributed by atoms with Crippen molar-refractivity contribution in [2.45, 2.75) is 26.3 Å². The minimum absolute atomic E-state index is 0.480. The molecule has 1 aliphatic heterocycles. The quantitative estimate of drug-likeness (QED) is 0.742. The summed E-state index contributed by atoms with van der Waals surface area (Å²) in [5, 5.41) is 0. The van der Waals surface area contributed by atoms with Crippen LogP contribution in [-0.4, -0.2) is 11.9 Å². The Balaban J connectivity index is 1.94. The third-order valence-corrected chi connectivity index (χ3v) is 4.60. The van der Waals surface area contributed by atoms with E-state index in [4.69, 9.17) is 0 Å². The molecule has 1 heterocycles. The summed E-state index contributed by atoms with van der Waals surface area (Å²) < 4.78 is 0. The smallest absolute Gasteiger partial charge is 0.0542 e. The van der Waals surface area contributed by atoms with Crippen LogP contribution in [0.25, 0.3) is 5.57 Å². The van der Waals surface area contributed by atoms with Gasteiger partial charge in [-0.3, -0.25) is 0 Å². The average Bonchev–Trinajstić information content (AvgIpc) is 2.51. The molecule has 1 nitrogen and oxygen atoms in total. The molecule has 0 fully saturated rings. The summed E-state index contributed by atoms with van der Waals surface area (Å²) in [6.45, 7) is 4.56. The molecule has 1 aliphatic rings. The van der Waals surface area contributed by atoms with Crippen molar-refractivity contribution in [3.63, 3.8) is 0 Å². The molecule has 0 spiro atoms. The molecule has 0 amide bonds. The summed E-state index contributed by atoms with van der Waals surface area (Å²) in [4.78, 5) is 2.38. The lowest BCUT2D eigenvalue weighted by atomic mass is 9.83. The molecule has 2 aromatic carbocycles. The van der Waals surface area contributed by atoms with Crippen molar-refractivity contribution in [2.75, 3.05) is 7.05 Å². The first-order chi connectivity index (χ1) is 10.2. The molecule has 2 unspecified atom stereocenters. The molecule has 108 valence electrons. The molecule has 2 atom stereocenters. The molecule has 0 aliphatic carbocycles. The highest BCUT2D eigenvalue weighted by atomic mass is 15.1. The lowest BCUT2D eigenvalue weighted by Crippen LogP contribution is -2.27. The first kappa shape index (κ1) is 13.9. The third kappa shape index (κ3) is 2.73. The van der Waals surface area contributed by atoms with E-state index in [1.807, 2.05) is 0 Å². The van der Waals surface area contributed by atoms with E-state index in [0.29, 0.717) is 12.0 Å². The van der Waals surface area contributed by atoms with Gasteiger partial charge in [0.2, 0.25) is 0 Å². The fraction of sp³-hybridized carbons (Fsp3) is 0.300. The summed E-state index contributed by atoms with van der Waals surface area (Å²) in [6.07, 6.45) is 3.50. The molecule has 0 saturated carbocycles. The van der Waals surface area contributed by atoms with Crippen LogP contribution < -0.4 is 0 Å². The minimum atomic E-state index is 0.480. The van der Waals surface area contributed by atoms with Gasteiger partial charge in [-0.2, -0.15) is 0 Å². The average molecular weight is 277 g/mol. The van der Waals surface area contributed by atoms with Gasteiger partial charge in [0.05, 0.1) is 6.04 Å². The summed E-state index contributed by atoms with van der Waals surface area (Å²) in [5.41, 5.74) is 5.64. The van der Waals surface area contributed by atoms with Crippen LogP contribution in [-0.2, 0) is 0 Å².